The van der Waals surface area contributed by atoms with E-state index in [2.05, 4.69) is 27.2 Å². The Kier molecular flexibility index (Phi) is 6.89. The van der Waals surface area contributed by atoms with Gasteiger partial charge in [-0.1, -0.05) is 24.3 Å². The third kappa shape index (κ3) is 4.77. The topological polar surface area (TPSA) is 129 Å². The van der Waals surface area contributed by atoms with Gasteiger partial charge in [0.1, 0.15) is 0 Å². The quantitative estimate of drug-likeness (QED) is 0.403. The van der Waals surface area contributed by atoms with Crippen LogP contribution >= 0.6 is 0 Å². The Hall–Kier alpha value is -4.14. The molecular formula is C23H24N4O5. The van der Waals surface area contributed by atoms with Crippen LogP contribution < -0.4 is 0 Å². The number of carbonyl (C=O) groups excluding carboxylic acids is 1. The number of hydrogen-bond acceptors (Lipinski definition) is 4. The van der Waals surface area contributed by atoms with Crippen molar-refractivity contribution in [3.63, 3.8) is 0 Å². The summed E-state index contributed by atoms with van der Waals surface area (Å²) < 4.78 is 2.21. The van der Waals surface area contributed by atoms with Crippen LogP contribution in [0.25, 0.3) is 10.9 Å². The van der Waals surface area contributed by atoms with E-state index in [1.807, 2.05) is 36.1 Å². The molecule has 1 aromatic carbocycles. The number of para-hydroxylation sites is 1. The Morgan fingerprint density at radius 1 is 1.22 bits per heavy atom. The number of imidazole rings is 1. The maximum Gasteiger partial charge on any atom is 0.328 e. The summed E-state index contributed by atoms with van der Waals surface area (Å²) in [6.45, 7) is 7.83. The number of H-pyrrole nitrogens is 1. The number of aliphatic carboxylic acids is 2. The molecule has 1 aliphatic heterocycles. The summed E-state index contributed by atoms with van der Waals surface area (Å²) >= 11 is 0. The van der Waals surface area contributed by atoms with E-state index < -0.39 is 11.9 Å². The van der Waals surface area contributed by atoms with E-state index in [-0.39, 0.29) is 5.91 Å². The van der Waals surface area contributed by atoms with E-state index in [1.54, 1.807) is 6.33 Å². The van der Waals surface area contributed by atoms with Crippen molar-refractivity contribution in [3.05, 3.63) is 78.0 Å². The Balaban J connectivity index is 0.000000312. The molecule has 0 atom stereocenters. The Labute approximate surface area is 184 Å². The standard InChI is InChI=1S/C19H20N4O.C4H4O4/c1-3-9-23-16-7-5-4-6-14(16)18-17(23)8-10-22(19(18)24)11-15-13(2)20-12-21-15;5-3(6)1-2-4(7)8/h3-7,12H,1,8-11H2,2H3,(H,20,21);1-2H,(H,5,6)(H,7,8). The molecule has 0 unspecified atom stereocenters. The second kappa shape index (κ2) is 9.78. The minimum atomic E-state index is -1.26. The molecule has 9 nitrogen and oxygen atoms in total. The van der Waals surface area contributed by atoms with E-state index in [0.29, 0.717) is 25.2 Å². The number of rotatable bonds is 6. The van der Waals surface area contributed by atoms with Crippen molar-refractivity contribution in [1.29, 1.82) is 0 Å². The molecule has 3 N–H and O–H groups in total. The molecule has 4 rings (SSSR count). The molecule has 0 saturated heterocycles. The van der Waals surface area contributed by atoms with Gasteiger partial charge in [-0.05, 0) is 13.0 Å². The van der Waals surface area contributed by atoms with Crippen LogP contribution in [0.2, 0.25) is 0 Å². The molecule has 2 aromatic heterocycles. The zero-order valence-electron chi connectivity index (χ0n) is 17.6. The second-order valence-electron chi connectivity index (χ2n) is 7.20. The van der Waals surface area contributed by atoms with E-state index >= 15 is 0 Å². The molecule has 32 heavy (non-hydrogen) atoms. The number of aryl methyl sites for hydroxylation is 1. The van der Waals surface area contributed by atoms with Gasteiger partial charge in [0.05, 0.1) is 24.1 Å². The third-order valence-corrected chi connectivity index (χ3v) is 5.15. The highest BCUT2D eigenvalue weighted by Gasteiger charge is 2.30. The third-order valence-electron chi connectivity index (χ3n) is 5.15. The zero-order chi connectivity index (χ0) is 23.3. The predicted octanol–water partition coefficient (Wildman–Crippen LogP) is 2.77. The number of amides is 1. The Morgan fingerprint density at radius 3 is 2.50 bits per heavy atom. The van der Waals surface area contributed by atoms with Gasteiger partial charge in [-0.3, -0.25) is 4.79 Å². The lowest BCUT2D eigenvalue weighted by Gasteiger charge is -2.27. The van der Waals surface area contributed by atoms with Crippen molar-refractivity contribution in [2.75, 3.05) is 6.54 Å². The predicted molar refractivity (Wildman–Crippen MR) is 118 cm³/mol. The number of carbonyl (C=O) groups is 3. The molecule has 1 amide bonds. The van der Waals surface area contributed by atoms with E-state index in [4.69, 9.17) is 10.2 Å². The van der Waals surface area contributed by atoms with Gasteiger partial charge in [0.25, 0.3) is 5.91 Å². The fraction of sp³-hybridized carbons (Fsp3) is 0.217. The van der Waals surface area contributed by atoms with Gasteiger partial charge in [0.15, 0.2) is 0 Å². The van der Waals surface area contributed by atoms with Crippen molar-refractivity contribution < 1.29 is 24.6 Å². The lowest BCUT2D eigenvalue weighted by atomic mass is 10.0. The lowest BCUT2D eigenvalue weighted by Crippen LogP contribution is -2.37. The van der Waals surface area contributed by atoms with Crippen LogP contribution in [0.3, 0.4) is 0 Å². The highest BCUT2D eigenvalue weighted by Crippen LogP contribution is 2.31. The highest BCUT2D eigenvalue weighted by atomic mass is 16.4. The number of aromatic nitrogens is 3. The molecule has 3 aromatic rings. The summed E-state index contributed by atoms with van der Waals surface area (Å²) in [5, 5.41) is 16.7. The van der Waals surface area contributed by atoms with Crippen molar-refractivity contribution in [2.45, 2.75) is 26.4 Å². The van der Waals surface area contributed by atoms with Crippen molar-refractivity contribution in [2.24, 2.45) is 0 Å². The fourth-order valence-electron chi connectivity index (χ4n) is 3.71. The minimum Gasteiger partial charge on any atom is -0.478 e. The fourth-order valence-corrected chi connectivity index (χ4v) is 3.71. The average molecular weight is 436 g/mol. The number of fused-ring (bicyclic) bond motifs is 3. The summed E-state index contributed by atoms with van der Waals surface area (Å²) in [6.07, 6.45) is 5.54. The number of nitrogens with one attached hydrogen (secondary N) is 1. The van der Waals surface area contributed by atoms with Crippen LogP contribution in [0.4, 0.5) is 0 Å². The smallest absolute Gasteiger partial charge is 0.328 e. The number of allylic oxidation sites excluding steroid dienone is 1. The SMILES string of the molecule is C=CCn1c2c(c3ccccc31)C(=O)N(Cc1nc[nH]c1C)CC2.O=C(O)C=CC(=O)O. The molecule has 3 heterocycles. The van der Waals surface area contributed by atoms with Crippen LogP contribution in [0, 0.1) is 6.92 Å². The summed E-state index contributed by atoms with van der Waals surface area (Å²) in [5.74, 6) is -2.42. The minimum absolute atomic E-state index is 0.0951. The normalized spacial score (nSPS) is 13.0. The molecule has 0 fully saturated rings. The number of hydrogen-bond donors (Lipinski definition) is 3. The van der Waals surface area contributed by atoms with E-state index in [0.717, 1.165) is 46.5 Å². The Bertz CT molecular complexity index is 1190. The first-order chi connectivity index (χ1) is 15.3. The molecule has 0 radical (unpaired) electrons. The van der Waals surface area contributed by atoms with Gasteiger partial charge in [0, 0.05) is 54.0 Å². The second-order valence-corrected chi connectivity index (χ2v) is 7.20. The molecule has 0 aliphatic carbocycles. The van der Waals surface area contributed by atoms with Gasteiger partial charge in [-0.15, -0.1) is 6.58 Å². The van der Waals surface area contributed by atoms with Crippen molar-refractivity contribution in [1.82, 2.24) is 19.4 Å². The number of carboxylic acids is 2. The van der Waals surface area contributed by atoms with E-state index in [9.17, 15) is 14.4 Å². The molecule has 0 saturated carbocycles. The molecule has 0 bridgehead atoms. The Morgan fingerprint density at radius 2 is 1.91 bits per heavy atom. The number of nitrogens with zero attached hydrogens (tertiary/aromatic N) is 3. The van der Waals surface area contributed by atoms with Crippen LogP contribution in [-0.2, 0) is 29.1 Å². The van der Waals surface area contributed by atoms with Crippen LogP contribution in [-0.4, -0.2) is 54.0 Å². The first kappa shape index (κ1) is 22.5. The van der Waals surface area contributed by atoms with Gasteiger partial charge >= 0.3 is 11.9 Å². The molecule has 166 valence electrons. The first-order valence-electron chi connectivity index (χ1n) is 9.96. The lowest BCUT2D eigenvalue weighted by molar-refractivity contribution is -0.134. The maximum absolute atomic E-state index is 13.1. The van der Waals surface area contributed by atoms with E-state index in [1.165, 1.54) is 0 Å². The van der Waals surface area contributed by atoms with Crippen LogP contribution in [0.1, 0.15) is 27.4 Å². The highest BCUT2D eigenvalue weighted by molar-refractivity contribution is 6.09. The van der Waals surface area contributed by atoms with Gasteiger partial charge < -0.3 is 24.7 Å². The summed E-state index contributed by atoms with van der Waals surface area (Å²) in [7, 11) is 0. The molecule has 9 heteroatoms. The van der Waals surface area contributed by atoms with Crippen LogP contribution in [0.5, 0.6) is 0 Å². The summed E-state index contributed by atoms with van der Waals surface area (Å²) in [4.78, 5) is 41.5. The largest absolute Gasteiger partial charge is 0.478 e. The van der Waals surface area contributed by atoms with Crippen LogP contribution in [0.15, 0.2) is 55.4 Å². The number of benzene rings is 1. The zero-order valence-corrected chi connectivity index (χ0v) is 17.6. The maximum atomic E-state index is 13.1. The van der Waals surface area contributed by atoms with Gasteiger partial charge in [0.2, 0.25) is 0 Å². The summed E-state index contributed by atoms with van der Waals surface area (Å²) in [6, 6.07) is 8.12. The number of aromatic amines is 1. The van der Waals surface area contributed by atoms with Gasteiger partial charge in [-0.25, -0.2) is 14.6 Å². The monoisotopic (exact) mass is 436 g/mol. The van der Waals surface area contributed by atoms with Crippen molar-refractivity contribution in [3.8, 4) is 0 Å². The summed E-state index contributed by atoms with van der Waals surface area (Å²) in [5.41, 5.74) is 5.01. The first-order valence-corrected chi connectivity index (χ1v) is 9.96. The number of carboxylic acid groups (broad SMARTS) is 2. The average Bonchev–Trinajstić information content (AvgIpc) is 3.31. The van der Waals surface area contributed by atoms with Crippen molar-refractivity contribution >= 4 is 28.7 Å². The van der Waals surface area contributed by atoms with Gasteiger partial charge in [-0.2, -0.15) is 0 Å². The molecular weight excluding hydrogens is 412 g/mol. The molecule has 1 aliphatic rings. The molecule has 0 spiro atoms.